The van der Waals surface area contributed by atoms with Crippen LogP contribution in [0.5, 0.6) is 11.5 Å². The van der Waals surface area contributed by atoms with Crippen LogP contribution in [0.3, 0.4) is 0 Å². The maximum atomic E-state index is 6.19. The first-order chi connectivity index (χ1) is 7.53. The SMILES string of the molecule is COc1c(C2(N)CC2)cc(Cl)c(C)c1OC. The average molecular weight is 242 g/mol. The lowest BCUT2D eigenvalue weighted by Gasteiger charge is -2.19. The minimum atomic E-state index is -0.282. The van der Waals surface area contributed by atoms with Crippen molar-refractivity contribution in [3.05, 3.63) is 22.2 Å². The molecule has 0 unspecified atom stereocenters. The maximum absolute atomic E-state index is 6.19. The molecule has 0 radical (unpaired) electrons. The van der Waals surface area contributed by atoms with Gasteiger partial charge >= 0.3 is 0 Å². The topological polar surface area (TPSA) is 44.5 Å². The number of halogens is 1. The van der Waals surface area contributed by atoms with Gasteiger partial charge in [-0.25, -0.2) is 0 Å². The summed E-state index contributed by atoms with van der Waals surface area (Å²) >= 11 is 6.17. The van der Waals surface area contributed by atoms with E-state index in [2.05, 4.69) is 0 Å². The molecule has 2 N–H and O–H groups in total. The molecule has 0 aromatic heterocycles. The van der Waals surface area contributed by atoms with E-state index in [1.165, 1.54) is 0 Å². The van der Waals surface area contributed by atoms with Gasteiger partial charge < -0.3 is 15.2 Å². The van der Waals surface area contributed by atoms with Crippen molar-refractivity contribution >= 4 is 11.6 Å². The molecule has 1 aliphatic rings. The van der Waals surface area contributed by atoms with E-state index >= 15 is 0 Å². The average Bonchev–Trinajstić information content (AvgIpc) is 3.00. The van der Waals surface area contributed by atoms with Crippen molar-refractivity contribution in [2.45, 2.75) is 25.3 Å². The Bertz CT molecular complexity index is 428. The van der Waals surface area contributed by atoms with Gasteiger partial charge in [0.1, 0.15) is 0 Å². The number of hydrogen-bond donors (Lipinski definition) is 1. The Morgan fingerprint density at radius 1 is 1.25 bits per heavy atom. The number of methoxy groups -OCH3 is 2. The molecular formula is C12H16ClNO2. The van der Waals surface area contributed by atoms with Crippen LogP contribution >= 0.6 is 11.6 Å². The van der Waals surface area contributed by atoms with Crippen LogP contribution in [-0.2, 0) is 5.54 Å². The van der Waals surface area contributed by atoms with Gasteiger partial charge in [-0.3, -0.25) is 0 Å². The molecule has 1 aromatic rings. The summed E-state index contributed by atoms with van der Waals surface area (Å²) < 4.78 is 10.8. The Morgan fingerprint density at radius 2 is 1.81 bits per heavy atom. The lowest BCUT2D eigenvalue weighted by Crippen LogP contribution is -2.20. The fourth-order valence-corrected chi connectivity index (χ4v) is 2.12. The van der Waals surface area contributed by atoms with Crippen LogP contribution < -0.4 is 15.2 Å². The van der Waals surface area contributed by atoms with Crippen LogP contribution in [0.2, 0.25) is 5.02 Å². The van der Waals surface area contributed by atoms with Crippen LogP contribution in [0, 0.1) is 6.92 Å². The fraction of sp³-hybridized carbons (Fsp3) is 0.500. The third-order valence-corrected chi connectivity index (χ3v) is 3.55. The zero-order valence-corrected chi connectivity index (χ0v) is 10.5. The molecule has 1 saturated carbocycles. The van der Waals surface area contributed by atoms with Crippen LogP contribution in [0.1, 0.15) is 24.0 Å². The quantitative estimate of drug-likeness (QED) is 0.885. The molecular weight excluding hydrogens is 226 g/mol. The Morgan fingerprint density at radius 3 is 2.25 bits per heavy atom. The molecule has 16 heavy (non-hydrogen) atoms. The summed E-state index contributed by atoms with van der Waals surface area (Å²) in [5.41, 5.74) is 7.74. The zero-order valence-electron chi connectivity index (χ0n) is 9.76. The highest BCUT2D eigenvalue weighted by atomic mass is 35.5. The highest BCUT2D eigenvalue weighted by molar-refractivity contribution is 6.31. The van der Waals surface area contributed by atoms with E-state index in [0.717, 1.165) is 24.0 Å². The van der Waals surface area contributed by atoms with Gasteiger partial charge in [0.05, 0.1) is 14.2 Å². The highest BCUT2D eigenvalue weighted by Gasteiger charge is 2.43. The van der Waals surface area contributed by atoms with Crippen LogP contribution in [0.15, 0.2) is 6.07 Å². The molecule has 0 amide bonds. The van der Waals surface area contributed by atoms with E-state index in [-0.39, 0.29) is 5.54 Å². The van der Waals surface area contributed by atoms with E-state index in [4.69, 9.17) is 26.8 Å². The van der Waals surface area contributed by atoms with Gasteiger partial charge in [0, 0.05) is 21.7 Å². The number of ether oxygens (including phenoxy) is 2. The summed E-state index contributed by atoms with van der Waals surface area (Å²) in [4.78, 5) is 0. The minimum Gasteiger partial charge on any atom is -0.493 e. The molecule has 1 aromatic carbocycles. The Kier molecular flexibility index (Phi) is 2.76. The molecule has 88 valence electrons. The lowest BCUT2D eigenvalue weighted by atomic mass is 10.0. The van der Waals surface area contributed by atoms with Crippen molar-refractivity contribution in [2.75, 3.05) is 14.2 Å². The molecule has 0 atom stereocenters. The van der Waals surface area contributed by atoms with Crippen LogP contribution in [0.25, 0.3) is 0 Å². The molecule has 0 bridgehead atoms. The summed E-state index contributed by atoms with van der Waals surface area (Å²) in [7, 11) is 3.24. The van der Waals surface area contributed by atoms with Crippen molar-refractivity contribution in [3.63, 3.8) is 0 Å². The van der Waals surface area contributed by atoms with Gasteiger partial charge in [0.2, 0.25) is 0 Å². The van der Waals surface area contributed by atoms with Crippen LogP contribution in [0.4, 0.5) is 0 Å². The summed E-state index contributed by atoms with van der Waals surface area (Å²) in [6.45, 7) is 1.91. The minimum absolute atomic E-state index is 0.282. The van der Waals surface area contributed by atoms with E-state index in [1.807, 2.05) is 13.0 Å². The third-order valence-electron chi connectivity index (χ3n) is 3.15. The first-order valence-corrected chi connectivity index (χ1v) is 5.61. The monoisotopic (exact) mass is 241 g/mol. The number of rotatable bonds is 3. The molecule has 1 aliphatic carbocycles. The predicted molar refractivity (Wildman–Crippen MR) is 64.4 cm³/mol. The van der Waals surface area contributed by atoms with Gasteiger partial charge in [0.25, 0.3) is 0 Å². The van der Waals surface area contributed by atoms with E-state index in [1.54, 1.807) is 14.2 Å². The largest absolute Gasteiger partial charge is 0.493 e. The number of benzene rings is 1. The second-order valence-electron chi connectivity index (χ2n) is 4.25. The Labute approximate surface area is 100 Å². The second-order valence-corrected chi connectivity index (χ2v) is 4.66. The molecule has 4 heteroatoms. The van der Waals surface area contributed by atoms with Gasteiger partial charge in [-0.15, -0.1) is 0 Å². The van der Waals surface area contributed by atoms with E-state index in [0.29, 0.717) is 16.5 Å². The normalized spacial score (nSPS) is 17.1. The fourth-order valence-electron chi connectivity index (χ4n) is 1.92. The summed E-state index contributed by atoms with van der Waals surface area (Å²) in [5, 5.41) is 0.671. The van der Waals surface area contributed by atoms with Crippen molar-refractivity contribution in [2.24, 2.45) is 5.73 Å². The first-order valence-electron chi connectivity index (χ1n) is 5.24. The lowest BCUT2D eigenvalue weighted by molar-refractivity contribution is 0.346. The molecule has 1 fully saturated rings. The zero-order chi connectivity index (χ0) is 11.9. The van der Waals surface area contributed by atoms with Gasteiger partial charge in [-0.2, -0.15) is 0 Å². The third kappa shape index (κ3) is 1.64. The number of hydrogen-bond acceptors (Lipinski definition) is 3. The van der Waals surface area contributed by atoms with Crippen molar-refractivity contribution in [3.8, 4) is 11.5 Å². The molecule has 3 nitrogen and oxygen atoms in total. The van der Waals surface area contributed by atoms with Gasteiger partial charge in [-0.05, 0) is 25.8 Å². The van der Waals surface area contributed by atoms with E-state index < -0.39 is 0 Å². The van der Waals surface area contributed by atoms with Crippen molar-refractivity contribution in [1.29, 1.82) is 0 Å². The molecule has 0 aliphatic heterocycles. The summed E-state index contributed by atoms with van der Waals surface area (Å²) in [6, 6.07) is 1.89. The molecule has 0 heterocycles. The Hall–Kier alpha value is -0.930. The number of nitrogens with two attached hydrogens (primary N) is 1. The molecule has 0 spiro atoms. The van der Waals surface area contributed by atoms with Crippen LogP contribution in [-0.4, -0.2) is 14.2 Å². The van der Waals surface area contributed by atoms with Gasteiger partial charge in [-0.1, -0.05) is 11.6 Å². The Balaban J connectivity index is 2.64. The smallest absolute Gasteiger partial charge is 0.166 e. The van der Waals surface area contributed by atoms with Crippen molar-refractivity contribution in [1.82, 2.24) is 0 Å². The summed E-state index contributed by atoms with van der Waals surface area (Å²) in [5.74, 6) is 1.39. The molecule has 0 saturated heterocycles. The van der Waals surface area contributed by atoms with E-state index in [9.17, 15) is 0 Å². The highest BCUT2D eigenvalue weighted by Crippen LogP contribution is 2.51. The first kappa shape index (κ1) is 11.6. The van der Waals surface area contributed by atoms with Gasteiger partial charge in [0.15, 0.2) is 11.5 Å². The van der Waals surface area contributed by atoms with Crippen molar-refractivity contribution < 1.29 is 9.47 Å². The second kappa shape index (κ2) is 3.82. The standard InChI is InChI=1S/C12H16ClNO2/c1-7-9(13)6-8(12(14)4-5-12)11(16-3)10(7)15-2/h6H,4-5,14H2,1-3H3. The summed E-state index contributed by atoms with van der Waals surface area (Å²) in [6.07, 6.45) is 1.93. The predicted octanol–water partition coefficient (Wildman–Crippen LogP) is 2.61. The maximum Gasteiger partial charge on any atom is 0.166 e. The molecule has 2 rings (SSSR count).